The Balaban J connectivity index is 1.58. The Bertz CT molecular complexity index is 1190. The fourth-order valence-corrected chi connectivity index (χ4v) is 3.79. The Kier molecular flexibility index (Phi) is 3.93. The predicted octanol–water partition coefficient (Wildman–Crippen LogP) is 3.37. The minimum atomic E-state index is -0.512. The first-order chi connectivity index (χ1) is 13.7. The molecule has 2 aromatic heterocycles. The topological polar surface area (TPSA) is 65.8 Å². The highest BCUT2D eigenvalue weighted by atomic mass is 19.1. The Morgan fingerprint density at radius 2 is 1.82 bits per heavy atom. The van der Waals surface area contributed by atoms with Gasteiger partial charge in [0.1, 0.15) is 5.82 Å². The van der Waals surface area contributed by atoms with Crippen LogP contribution in [0.25, 0.3) is 17.1 Å². The summed E-state index contributed by atoms with van der Waals surface area (Å²) in [5, 5.41) is 8.70. The maximum absolute atomic E-state index is 13.3. The van der Waals surface area contributed by atoms with Gasteiger partial charge in [0.05, 0.1) is 17.9 Å². The molecule has 0 spiro atoms. The molecule has 0 amide bonds. The van der Waals surface area contributed by atoms with E-state index in [1.54, 1.807) is 12.1 Å². The van der Waals surface area contributed by atoms with Crippen molar-refractivity contribution >= 4 is 0 Å². The third-order valence-electron chi connectivity index (χ3n) is 5.11. The molecule has 140 valence electrons. The number of halogens is 1. The molecular weight excluding hydrogens is 359 g/mol. The summed E-state index contributed by atoms with van der Waals surface area (Å²) in [5.74, 6) is -0.313. The highest BCUT2D eigenvalue weighted by Gasteiger charge is 2.25. The zero-order valence-corrected chi connectivity index (χ0v) is 15.0. The van der Waals surface area contributed by atoms with Gasteiger partial charge in [-0.2, -0.15) is 5.10 Å². The SMILES string of the molecule is O=c1onc(-c2ccccc2)n1Cc1nn(-c2ccc(F)cc2)c2c1CCC2. The minimum absolute atomic E-state index is 0.281. The lowest BCUT2D eigenvalue weighted by atomic mass is 10.2. The van der Waals surface area contributed by atoms with E-state index >= 15 is 0 Å². The standard InChI is InChI=1S/C21H17FN4O2/c22-15-9-11-16(12-10-15)26-19-8-4-7-17(19)18(23-26)13-25-20(24-28-21(25)27)14-5-2-1-3-6-14/h1-3,5-6,9-12H,4,7-8,13H2. The lowest BCUT2D eigenvalue weighted by molar-refractivity contribution is 0.378. The first-order valence-electron chi connectivity index (χ1n) is 9.18. The third kappa shape index (κ3) is 2.76. The van der Waals surface area contributed by atoms with E-state index in [1.165, 1.54) is 16.7 Å². The molecule has 0 atom stereocenters. The fourth-order valence-electron chi connectivity index (χ4n) is 3.79. The van der Waals surface area contributed by atoms with Crippen molar-refractivity contribution in [1.29, 1.82) is 0 Å². The van der Waals surface area contributed by atoms with Crippen LogP contribution < -0.4 is 5.76 Å². The molecule has 0 unspecified atom stereocenters. The number of nitrogens with zero attached hydrogens (tertiary/aromatic N) is 4. The van der Waals surface area contributed by atoms with Crippen LogP contribution in [-0.2, 0) is 19.4 Å². The Morgan fingerprint density at radius 1 is 1.04 bits per heavy atom. The monoisotopic (exact) mass is 376 g/mol. The van der Waals surface area contributed by atoms with Crippen LogP contribution in [0.3, 0.4) is 0 Å². The summed E-state index contributed by atoms with van der Waals surface area (Å²) in [6, 6.07) is 15.7. The molecule has 5 rings (SSSR count). The molecule has 28 heavy (non-hydrogen) atoms. The van der Waals surface area contributed by atoms with Crippen molar-refractivity contribution in [1.82, 2.24) is 19.5 Å². The molecule has 0 saturated carbocycles. The van der Waals surface area contributed by atoms with Crippen molar-refractivity contribution in [2.24, 2.45) is 0 Å². The summed E-state index contributed by atoms with van der Waals surface area (Å²) in [7, 11) is 0. The molecule has 6 nitrogen and oxygen atoms in total. The molecule has 7 heteroatoms. The van der Waals surface area contributed by atoms with Gasteiger partial charge in [-0.25, -0.2) is 13.9 Å². The van der Waals surface area contributed by atoms with Crippen LogP contribution in [0.4, 0.5) is 4.39 Å². The van der Waals surface area contributed by atoms with E-state index in [-0.39, 0.29) is 12.4 Å². The van der Waals surface area contributed by atoms with Crippen molar-refractivity contribution in [3.63, 3.8) is 0 Å². The Morgan fingerprint density at radius 3 is 2.61 bits per heavy atom. The highest BCUT2D eigenvalue weighted by Crippen LogP contribution is 2.29. The van der Waals surface area contributed by atoms with E-state index in [4.69, 9.17) is 9.62 Å². The molecular formula is C21H17FN4O2. The van der Waals surface area contributed by atoms with E-state index in [2.05, 4.69) is 5.16 Å². The average Bonchev–Trinajstić information content (AvgIpc) is 3.41. The van der Waals surface area contributed by atoms with Gasteiger partial charge in [0.2, 0.25) is 0 Å². The summed E-state index contributed by atoms with van der Waals surface area (Å²) in [6.45, 7) is 0.281. The summed E-state index contributed by atoms with van der Waals surface area (Å²) < 4.78 is 21.6. The number of fused-ring (bicyclic) bond motifs is 1. The van der Waals surface area contributed by atoms with Crippen LogP contribution in [0.15, 0.2) is 63.9 Å². The molecule has 2 aromatic carbocycles. The Hall–Kier alpha value is -3.48. The van der Waals surface area contributed by atoms with Gasteiger partial charge < -0.3 is 0 Å². The van der Waals surface area contributed by atoms with Gasteiger partial charge in [0.25, 0.3) is 0 Å². The predicted molar refractivity (Wildman–Crippen MR) is 101 cm³/mol. The van der Waals surface area contributed by atoms with Gasteiger partial charge >= 0.3 is 5.76 Å². The number of hydrogen-bond donors (Lipinski definition) is 0. The van der Waals surface area contributed by atoms with E-state index in [0.29, 0.717) is 5.82 Å². The van der Waals surface area contributed by atoms with Crippen molar-refractivity contribution < 1.29 is 8.91 Å². The number of hydrogen-bond acceptors (Lipinski definition) is 4. The quantitative estimate of drug-likeness (QED) is 0.548. The van der Waals surface area contributed by atoms with Crippen LogP contribution in [-0.4, -0.2) is 19.5 Å². The maximum Gasteiger partial charge on any atom is 0.442 e. The van der Waals surface area contributed by atoms with E-state index < -0.39 is 5.76 Å². The molecule has 0 aliphatic heterocycles. The number of benzene rings is 2. The summed E-state index contributed by atoms with van der Waals surface area (Å²) >= 11 is 0. The highest BCUT2D eigenvalue weighted by molar-refractivity contribution is 5.54. The zero-order chi connectivity index (χ0) is 19.1. The minimum Gasteiger partial charge on any atom is -0.295 e. The van der Waals surface area contributed by atoms with Gasteiger partial charge in [-0.3, -0.25) is 9.09 Å². The van der Waals surface area contributed by atoms with Gasteiger partial charge in [-0.1, -0.05) is 35.5 Å². The molecule has 2 heterocycles. The number of aromatic nitrogens is 4. The average molecular weight is 376 g/mol. The van der Waals surface area contributed by atoms with E-state index in [1.807, 2.05) is 35.0 Å². The summed E-state index contributed by atoms with van der Waals surface area (Å²) in [6.07, 6.45) is 2.85. The van der Waals surface area contributed by atoms with Gasteiger partial charge in [0.15, 0.2) is 5.82 Å². The molecule has 1 aliphatic rings. The second-order valence-corrected chi connectivity index (χ2v) is 6.84. The first kappa shape index (κ1) is 16.7. The Labute approximate surface area is 159 Å². The fraction of sp³-hybridized carbons (Fsp3) is 0.190. The summed E-state index contributed by atoms with van der Waals surface area (Å²) in [4.78, 5) is 12.3. The molecule has 1 aliphatic carbocycles. The van der Waals surface area contributed by atoms with Crippen molar-refractivity contribution in [2.75, 3.05) is 0 Å². The number of rotatable bonds is 4. The molecule has 0 radical (unpaired) electrons. The smallest absolute Gasteiger partial charge is 0.295 e. The zero-order valence-electron chi connectivity index (χ0n) is 15.0. The van der Waals surface area contributed by atoms with Crippen molar-refractivity contribution in [3.05, 3.63) is 87.9 Å². The van der Waals surface area contributed by atoms with Crippen LogP contribution in [0.1, 0.15) is 23.4 Å². The van der Waals surface area contributed by atoms with Crippen LogP contribution in [0, 0.1) is 5.82 Å². The first-order valence-corrected chi connectivity index (χ1v) is 9.18. The second-order valence-electron chi connectivity index (χ2n) is 6.84. The van der Waals surface area contributed by atoms with Crippen LogP contribution >= 0.6 is 0 Å². The van der Waals surface area contributed by atoms with Crippen molar-refractivity contribution in [2.45, 2.75) is 25.8 Å². The molecule has 4 aromatic rings. The third-order valence-corrected chi connectivity index (χ3v) is 5.11. The van der Waals surface area contributed by atoms with Gasteiger partial charge in [-0.15, -0.1) is 0 Å². The van der Waals surface area contributed by atoms with Crippen molar-refractivity contribution in [3.8, 4) is 17.1 Å². The molecule has 0 N–H and O–H groups in total. The lowest BCUT2D eigenvalue weighted by Gasteiger charge is -2.05. The van der Waals surface area contributed by atoms with Crippen LogP contribution in [0.2, 0.25) is 0 Å². The van der Waals surface area contributed by atoms with Gasteiger partial charge in [0, 0.05) is 11.3 Å². The van der Waals surface area contributed by atoms with Crippen LogP contribution in [0.5, 0.6) is 0 Å². The molecule has 0 bridgehead atoms. The molecule has 0 saturated heterocycles. The molecule has 0 fully saturated rings. The van der Waals surface area contributed by atoms with E-state index in [0.717, 1.165) is 47.5 Å². The normalized spacial score (nSPS) is 13.0. The second kappa shape index (κ2) is 6.60. The maximum atomic E-state index is 13.3. The van der Waals surface area contributed by atoms with Gasteiger partial charge in [-0.05, 0) is 49.1 Å². The van der Waals surface area contributed by atoms with E-state index in [9.17, 15) is 9.18 Å². The summed E-state index contributed by atoms with van der Waals surface area (Å²) in [5.41, 5.74) is 4.71. The lowest BCUT2D eigenvalue weighted by Crippen LogP contribution is -2.17. The largest absolute Gasteiger partial charge is 0.442 e.